The van der Waals surface area contributed by atoms with Crippen LogP contribution in [0.4, 0.5) is 0 Å². The quantitative estimate of drug-likeness (QED) is 0.857. The van der Waals surface area contributed by atoms with Crippen LogP contribution in [0.25, 0.3) is 0 Å². The molecule has 0 spiro atoms. The van der Waals surface area contributed by atoms with Crippen molar-refractivity contribution in [2.24, 2.45) is 18.7 Å². The number of nitrogens with two attached hydrogens (primary N) is 1. The van der Waals surface area contributed by atoms with Crippen molar-refractivity contribution < 1.29 is 0 Å². The molecule has 1 heterocycles. The highest BCUT2D eigenvalue weighted by molar-refractivity contribution is 6.31. The number of halogens is 1. The molecule has 0 saturated heterocycles. The molecule has 1 aliphatic rings. The van der Waals surface area contributed by atoms with E-state index < -0.39 is 0 Å². The third-order valence-corrected chi connectivity index (χ3v) is 4.69. The zero-order chi connectivity index (χ0) is 13.1. The Morgan fingerprint density at radius 3 is 2.44 bits per heavy atom. The molecule has 1 aromatic rings. The standard InChI is InChI=1S/C14H24ClN3/c1-10-14(15)13(18(2)17-10)9-12(16)11-7-5-3-4-6-8-11/h11-12H,3-9,16H2,1-2H3. The Morgan fingerprint density at radius 1 is 1.33 bits per heavy atom. The van der Waals surface area contributed by atoms with Crippen LogP contribution >= 0.6 is 11.6 Å². The lowest BCUT2D eigenvalue weighted by Gasteiger charge is -2.22. The monoisotopic (exact) mass is 269 g/mol. The van der Waals surface area contributed by atoms with E-state index in [-0.39, 0.29) is 6.04 Å². The van der Waals surface area contributed by atoms with Gasteiger partial charge in [-0.25, -0.2) is 0 Å². The molecule has 3 nitrogen and oxygen atoms in total. The van der Waals surface area contributed by atoms with E-state index in [0.717, 1.165) is 22.8 Å². The van der Waals surface area contributed by atoms with Gasteiger partial charge in [-0.3, -0.25) is 4.68 Å². The van der Waals surface area contributed by atoms with Crippen molar-refractivity contribution in [3.8, 4) is 0 Å². The van der Waals surface area contributed by atoms with Crippen molar-refractivity contribution in [1.29, 1.82) is 0 Å². The summed E-state index contributed by atoms with van der Waals surface area (Å²) in [6, 6.07) is 0.218. The molecular formula is C14H24ClN3. The van der Waals surface area contributed by atoms with E-state index >= 15 is 0 Å². The van der Waals surface area contributed by atoms with Crippen LogP contribution in [0.5, 0.6) is 0 Å². The van der Waals surface area contributed by atoms with Gasteiger partial charge in [-0.15, -0.1) is 0 Å². The Bertz CT molecular complexity index is 392. The Hall–Kier alpha value is -0.540. The molecule has 1 saturated carbocycles. The van der Waals surface area contributed by atoms with E-state index in [9.17, 15) is 0 Å². The average molecular weight is 270 g/mol. The number of aryl methyl sites for hydroxylation is 2. The fraction of sp³-hybridized carbons (Fsp3) is 0.786. The number of aromatic nitrogens is 2. The van der Waals surface area contributed by atoms with Crippen LogP contribution in [-0.2, 0) is 13.5 Å². The van der Waals surface area contributed by atoms with Gasteiger partial charge in [0.25, 0.3) is 0 Å². The fourth-order valence-electron chi connectivity index (χ4n) is 3.03. The molecule has 0 bridgehead atoms. The molecule has 0 radical (unpaired) electrons. The van der Waals surface area contributed by atoms with E-state index in [4.69, 9.17) is 17.3 Å². The summed E-state index contributed by atoms with van der Waals surface area (Å²) in [4.78, 5) is 0. The van der Waals surface area contributed by atoms with Crippen molar-refractivity contribution in [3.05, 3.63) is 16.4 Å². The van der Waals surface area contributed by atoms with Crippen molar-refractivity contribution in [3.63, 3.8) is 0 Å². The largest absolute Gasteiger partial charge is 0.327 e. The molecule has 0 aliphatic heterocycles. The summed E-state index contributed by atoms with van der Waals surface area (Å²) in [5.74, 6) is 0.652. The van der Waals surface area contributed by atoms with Gasteiger partial charge in [0.15, 0.2) is 0 Å². The second-order valence-corrected chi connectivity index (χ2v) is 5.97. The first kappa shape index (κ1) is 13.9. The minimum Gasteiger partial charge on any atom is -0.327 e. The minimum absolute atomic E-state index is 0.218. The van der Waals surface area contributed by atoms with Gasteiger partial charge in [-0.05, 0) is 25.7 Å². The SMILES string of the molecule is Cc1nn(C)c(CC(N)C2CCCCCC2)c1Cl. The first-order valence-corrected chi connectivity index (χ1v) is 7.41. The zero-order valence-corrected chi connectivity index (χ0v) is 12.2. The Morgan fingerprint density at radius 2 is 1.94 bits per heavy atom. The van der Waals surface area contributed by atoms with Gasteiger partial charge < -0.3 is 5.73 Å². The topological polar surface area (TPSA) is 43.8 Å². The number of nitrogens with zero attached hydrogens (tertiary/aromatic N) is 2. The first-order chi connectivity index (χ1) is 8.59. The normalized spacial score (nSPS) is 19.8. The lowest BCUT2D eigenvalue weighted by atomic mass is 9.89. The Labute approximate surface area is 115 Å². The van der Waals surface area contributed by atoms with Crippen LogP contribution in [0.2, 0.25) is 5.02 Å². The average Bonchev–Trinajstić information content (AvgIpc) is 2.58. The maximum Gasteiger partial charge on any atom is 0.0847 e. The molecule has 18 heavy (non-hydrogen) atoms. The second-order valence-electron chi connectivity index (χ2n) is 5.59. The van der Waals surface area contributed by atoms with Crippen LogP contribution in [-0.4, -0.2) is 15.8 Å². The van der Waals surface area contributed by atoms with E-state index in [1.54, 1.807) is 0 Å². The van der Waals surface area contributed by atoms with Gasteiger partial charge in [0.2, 0.25) is 0 Å². The highest BCUT2D eigenvalue weighted by Crippen LogP contribution is 2.28. The van der Waals surface area contributed by atoms with Crippen LogP contribution in [0.15, 0.2) is 0 Å². The lowest BCUT2D eigenvalue weighted by molar-refractivity contribution is 0.367. The molecular weight excluding hydrogens is 246 g/mol. The van der Waals surface area contributed by atoms with E-state index in [1.165, 1.54) is 38.5 Å². The van der Waals surface area contributed by atoms with E-state index in [0.29, 0.717) is 5.92 Å². The summed E-state index contributed by atoms with van der Waals surface area (Å²) in [7, 11) is 1.95. The van der Waals surface area contributed by atoms with Gasteiger partial charge in [-0.2, -0.15) is 5.10 Å². The highest BCUT2D eigenvalue weighted by Gasteiger charge is 2.22. The molecule has 0 aromatic carbocycles. The van der Waals surface area contributed by atoms with Gasteiger partial charge in [0.05, 0.1) is 16.4 Å². The number of rotatable bonds is 3. The van der Waals surface area contributed by atoms with Gasteiger partial charge in [-0.1, -0.05) is 37.3 Å². The molecule has 0 amide bonds. The van der Waals surface area contributed by atoms with Crippen molar-refractivity contribution in [2.75, 3.05) is 0 Å². The molecule has 102 valence electrons. The van der Waals surface area contributed by atoms with E-state index in [2.05, 4.69) is 5.10 Å². The fourth-order valence-corrected chi connectivity index (χ4v) is 3.27. The molecule has 1 fully saturated rings. The van der Waals surface area contributed by atoms with Crippen molar-refractivity contribution in [2.45, 2.75) is 57.9 Å². The van der Waals surface area contributed by atoms with E-state index in [1.807, 2.05) is 18.7 Å². The Balaban J connectivity index is 2.03. The maximum atomic E-state index is 6.40. The molecule has 4 heteroatoms. The molecule has 2 rings (SSSR count). The molecule has 1 atom stereocenters. The molecule has 1 aliphatic carbocycles. The van der Waals surface area contributed by atoms with Gasteiger partial charge in [0, 0.05) is 19.5 Å². The van der Waals surface area contributed by atoms with Crippen molar-refractivity contribution in [1.82, 2.24) is 9.78 Å². The lowest BCUT2D eigenvalue weighted by Crippen LogP contribution is -2.32. The predicted molar refractivity (Wildman–Crippen MR) is 75.8 cm³/mol. The predicted octanol–water partition coefficient (Wildman–Crippen LogP) is 3.22. The summed E-state index contributed by atoms with van der Waals surface area (Å²) in [6.45, 7) is 1.95. The number of hydrogen-bond donors (Lipinski definition) is 1. The summed E-state index contributed by atoms with van der Waals surface area (Å²) in [5, 5.41) is 5.15. The molecule has 2 N–H and O–H groups in total. The molecule has 1 aromatic heterocycles. The minimum atomic E-state index is 0.218. The third kappa shape index (κ3) is 3.07. The molecule has 1 unspecified atom stereocenters. The van der Waals surface area contributed by atoms with Crippen molar-refractivity contribution >= 4 is 11.6 Å². The first-order valence-electron chi connectivity index (χ1n) is 7.03. The summed E-state index contributed by atoms with van der Waals surface area (Å²) < 4.78 is 1.88. The smallest absolute Gasteiger partial charge is 0.0847 e. The summed E-state index contributed by atoms with van der Waals surface area (Å²) >= 11 is 6.29. The zero-order valence-electron chi connectivity index (χ0n) is 11.5. The van der Waals surface area contributed by atoms with Crippen LogP contribution in [0.1, 0.15) is 49.9 Å². The van der Waals surface area contributed by atoms with Gasteiger partial charge >= 0.3 is 0 Å². The van der Waals surface area contributed by atoms with Crippen LogP contribution in [0, 0.1) is 12.8 Å². The van der Waals surface area contributed by atoms with Crippen LogP contribution < -0.4 is 5.73 Å². The summed E-state index contributed by atoms with van der Waals surface area (Å²) in [5.41, 5.74) is 8.39. The van der Waals surface area contributed by atoms with Crippen LogP contribution in [0.3, 0.4) is 0 Å². The second kappa shape index (κ2) is 6.07. The Kier molecular flexibility index (Phi) is 4.68. The summed E-state index contributed by atoms with van der Waals surface area (Å²) in [6.07, 6.45) is 8.79. The highest BCUT2D eigenvalue weighted by atomic mass is 35.5. The maximum absolute atomic E-state index is 6.40. The van der Waals surface area contributed by atoms with Gasteiger partial charge in [0.1, 0.15) is 0 Å². The number of hydrogen-bond acceptors (Lipinski definition) is 2. The third-order valence-electron chi connectivity index (χ3n) is 4.20.